The number of fused-ring (bicyclic) bond motifs is 1. The molecule has 3 aromatic rings. The van der Waals surface area contributed by atoms with Crippen LogP contribution in [0.5, 0.6) is 11.5 Å². The predicted molar refractivity (Wildman–Crippen MR) is 84.7 cm³/mol. The molecule has 2 heterocycles. The summed E-state index contributed by atoms with van der Waals surface area (Å²) in [5, 5.41) is 13.7. The molecule has 0 amide bonds. The Hall–Kier alpha value is -2.15. The molecule has 7 heteroatoms. The highest BCUT2D eigenvalue weighted by atomic mass is 32.1. The number of hydrogen-bond acceptors (Lipinski definition) is 6. The smallest absolute Gasteiger partial charge is 0.234 e. The molecule has 2 aromatic heterocycles. The zero-order valence-electron chi connectivity index (χ0n) is 12.8. The van der Waals surface area contributed by atoms with Gasteiger partial charge in [0.05, 0.1) is 6.61 Å². The first-order valence-electron chi connectivity index (χ1n) is 7.24. The normalized spacial score (nSPS) is 11.3. The minimum absolute atomic E-state index is 0.282. The molecule has 0 aliphatic rings. The van der Waals surface area contributed by atoms with E-state index in [-0.39, 0.29) is 5.92 Å². The van der Waals surface area contributed by atoms with E-state index in [0.29, 0.717) is 13.2 Å². The molecule has 0 saturated carbocycles. The summed E-state index contributed by atoms with van der Waals surface area (Å²) >= 11 is 1.49. The summed E-state index contributed by atoms with van der Waals surface area (Å²) in [6, 6.07) is 7.64. The SMILES string of the molecule is CCOc1ccccc1OCc1nn2c(C(C)C)nnc2s1. The molecule has 0 saturated heterocycles. The van der Waals surface area contributed by atoms with Crippen LogP contribution in [0, 0.1) is 0 Å². The van der Waals surface area contributed by atoms with E-state index in [1.807, 2.05) is 31.2 Å². The second-order valence-electron chi connectivity index (χ2n) is 5.07. The predicted octanol–water partition coefficient (Wildman–Crippen LogP) is 3.29. The van der Waals surface area contributed by atoms with Crippen molar-refractivity contribution >= 4 is 16.3 Å². The number of hydrogen-bond donors (Lipinski definition) is 0. The van der Waals surface area contributed by atoms with E-state index >= 15 is 0 Å². The Morgan fingerprint density at radius 2 is 1.86 bits per heavy atom. The molecule has 0 unspecified atom stereocenters. The second kappa shape index (κ2) is 6.31. The molecule has 0 spiro atoms. The third kappa shape index (κ3) is 2.89. The quantitative estimate of drug-likeness (QED) is 0.698. The van der Waals surface area contributed by atoms with E-state index in [9.17, 15) is 0 Å². The van der Waals surface area contributed by atoms with Crippen LogP contribution >= 0.6 is 11.3 Å². The Kier molecular flexibility index (Phi) is 4.24. The average molecular weight is 318 g/mol. The Morgan fingerprint density at radius 1 is 1.14 bits per heavy atom. The molecule has 0 fully saturated rings. The van der Waals surface area contributed by atoms with Crippen LogP contribution in [0.3, 0.4) is 0 Å². The van der Waals surface area contributed by atoms with Crippen molar-refractivity contribution in [3.8, 4) is 11.5 Å². The molecule has 22 heavy (non-hydrogen) atoms. The molecule has 6 nitrogen and oxygen atoms in total. The molecule has 0 atom stereocenters. The Balaban J connectivity index is 1.77. The zero-order chi connectivity index (χ0) is 15.5. The van der Waals surface area contributed by atoms with Crippen LogP contribution in [0.1, 0.15) is 37.5 Å². The van der Waals surface area contributed by atoms with Gasteiger partial charge < -0.3 is 9.47 Å². The molecular weight excluding hydrogens is 300 g/mol. The third-order valence-electron chi connectivity index (χ3n) is 3.07. The van der Waals surface area contributed by atoms with Gasteiger partial charge in [-0.2, -0.15) is 9.61 Å². The molecule has 0 N–H and O–H groups in total. The van der Waals surface area contributed by atoms with Crippen LogP contribution < -0.4 is 9.47 Å². The largest absolute Gasteiger partial charge is 0.490 e. The van der Waals surface area contributed by atoms with Crippen LogP contribution in [0.4, 0.5) is 0 Å². The van der Waals surface area contributed by atoms with Gasteiger partial charge >= 0.3 is 0 Å². The van der Waals surface area contributed by atoms with Gasteiger partial charge in [-0.25, -0.2) is 0 Å². The molecule has 0 bridgehead atoms. The van der Waals surface area contributed by atoms with Crippen molar-refractivity contribution in [1.29, 1.82) is 0 Å². The maximum absolute atomic E-state index is 5.84. The number of rotatable bonds is 6. The van der Waals surface area contributed by atoms with E-state index in [0.717, 1.165) is 27.3 Å². The van der Waals surface area contributed by atoms with Gasteiger partial charge in [-0.1, -0.05) is 37.3 Å². The maximum atomic E-state index is 5.84. The summed E-state index contributed by atoms with van der Waals surface area (Å²) in [7, 11) is 0. The summed E-state index contributed by atoms with van der Waals surface area (Å²) in [4.78, 5) is 0.792. The number of para-hydroxylation sites is 2. The van der Waals surface area contributed by atoms with Crippen molar-refractivity contribution < 1.29 is 9.47 Å². The molecule has 0 aliphatic heterocycles. The fourth-order valence-electron chi connectivity index (χ4n) is 2.07. The van der Waals surface area contributed by atoms with Gasteiger partial charge in [0, 0.05) is 5.92 Å². The van der Waals surface area contributed by atoms with Crippen molar-refractivity contribution in [2.24, 2.45) is 0 Å². The molecule has 116 valence electrons. The lowest BCUT2D eigenvalue weighted by atomic mass is 10.2. The lowest BCUT2D eigenvalue weighted by Crippen LogP contribution is -2.02. The summed E-state index contributed by atoms with van der Waals surface area (Å²) in [5.41, 5.74) is 0. The van der Waals surface area contributed by atoms with E-state index in [1.165, 1.54) is 11.3 Å². The van der Waals surface area contributed by atoms with Crippen molar-refractivity contribution in [1.82, 2.24) is 19.8 Å². The molecule has 0 aliphatic carbocycles. The van der Waals surface area contributed by atoms with Crippen LogP contribution in [-0.4, -0.2) is 26.4 Å². The Bertz CT molecular complexity index is 766. The standard InChI is InChI=1S/C15H18N4O2S/c1-4-20-11-7-5-6-8-12(11)21-9-13-18-19-14(10(2)3)16-17-15(19)22-13/h5-8,10H,4,9H2,1-3H3. The Labute approximate surface area is 132 Å². The highest BCUT2D eigenvalue weighted by Gasteiger charge is 2.14. The topological polar surface area (TPSA) is 61.5 Å². The van der Waals surface area contributed by atoms with Crippen LogP contribution in [-0.2, 0) is 6.61 Å². The van der Waals surface area contributed by atoms with Crippen LogP contribution in [0.25, 0.3) is 4.96 Å². The van der Waals surface area contributed by atoms with Gasteiger partial charge in [-0.15, -0.1) is 10.2 Å². The lowest BCUT2D eigenvalue weighted by Gasteiger charge is -2.10. The molecule has 0 radical (unpaired) electrons. The Morgan fingerprint density at radius 3 is 2.55 bits per heavy atom. The van der Waals surface area contributed by atoms with Crippen LogP contribution in [0.15, 0.2) is 24.3 Å². The minimum atomic E-state index is 0.282. The van der Waals surface area contributed by atoms with Gasteiger partial charge in [-0.3, -0.25) is 0 Å². The van der Waals surface area contributed by atoms with Gasteiger partial charge in [0.25, 0.3) is 0 Å². The number of nitrogens with zero attached hydrogens (tertiary/aromatic N) is 4. The molecule has 3 rings (SSSR count). The first kappa shape index (κ1) is 14.8. The van der Waals surface area contributed by atoms with Crippen molar-refractivity contribution in [3.05, 3.63) is 35.1 Å². The van der Waals surface area contributed by atoms with E-state index in [2.05, 4.69) is 29.1 Å². The summed E-state index contributed by atoms with van der Waals surface area (Å²) in [6.07, 6.45) is 0. The zero-order valence-corrected chi connectivity index (χ0v) is 13.6. The maximum Gasteiger partial charge on any atom is 0.234 e. The first-order chi connectivity index (χ1) is 10.7. The van der Waals surface area contributed by atoms with Crippen LogP contribution in [0.2, 0.25) is 0 Å². The summed E-state index contributed by atoms with van der Waals surface area (Å²) in [6.45, 7) is 7.09. The van der Waals surface area contributed by atoms with Gasteiger partial charge in [0.2, 0.25) is 4.96 Å². The monoisotopic (exact) mass is 318 g/mol. The third-order valence-corrected chi connectivity index (χ3v) is 3.95. The number of ether oxygens (including phenoxy) is 2. The highest BCUT2D eigenvalue weighted by Crippen LogP contribution is 2.28. The fraction of sp³-hybridized carbons (Fsp3) is 0.400. The molecule has 1 aromatic carbocycles. The number of benzene rings is 1. The highest BCUT2D eigenvalue weighted by molar-refractivity contribution is 7.16. The summed E-state index contributed by atoms with van der Waals surface area (Å²) < 4.78 is 13.2. The van der Waals surface area contributed by atoms with Crippen molar-refractivity contribution in [3.63, 3.8) is 0 Å². The van der Waals surface area contributed by atoms with E-state index < -0.39 is 0 Å². The minimum Gasteiger partial charge on any atom is -0.490 e. The van der Waals surface area contributed by atoms with Crippen molar-refractivity contribution in [2.45, 2.75) is 33.3 Å². The summed E-state index contributed by atoms with van der Waals surface area (Å²) in [5.74, 6) is 2.62. The van der Waals surface area contributed by atoms with E-state index in [1.54, 1.807) is 4.52 Å². The molecular formula is C15H18N4O2S. The number of aromatic nitrogens is 4. The van der Waals surface area contributed by atoms with Gasteiger partial charge in [0.15, 0.2) is 22.3 Å². The van der Waals surface area contributed by atoms with E-state index in [4.69, 9.17) is 9.47 Å². The van der Waals surface area contributed by atoms with Gasteiger partial charge in [-0.05, 0) is 19.1 Å². The van der Waals surface area contributed by atoms with Crippen molar-refractivity contribution in [2.75, 3.05) is 6.61 Å². The average Bonchev–Trinajstić information content (AvgIpc) is 3.06. The fourth-order valence-corrected chi connectivity index (χ4v) is 2.83. The van der Waals surface area contributed by atoms with Gasteiger partial charge in [0.1, 0.15) is 6.61 Å². The lowest BCUT2D eigenvalue weighted by molar-refractivity contribution is 0.268. The first-order valence-corrected chi connectivity index (χ1v) is 8.06. The second-order valence-corrected chi connectivity index (χ2v) is 6.11.